The summed E-state index contributed by atoms with van der Waals surface area (Å²) < 4.78 is 5.76. The molecule has 1 aliphatic carbocycles. The van der Waals surface area contributed by atoms with E-state index in [2.05, 4.69) is 10.6 Å². The number of carbonyl (C=O) groups is 3. The Morgan fingerprint density at radius 1 is 1.30 bits per heavy atom. The van der Waals surface area contributed by atoms with Gasteiger partial charge in [0, 0.05) is 23.1 Å². The molecular weight excluding hydrogens is 318 g/mol. The normalized spacial score (nSPS) is 13.6. The van der Waals surface area contributed by atoms with Crippen molar-refractivity contribution in [2.24, 2.45) is 11.7 Å². The number of nitrogens with two attached hydrogens (primary N) is 1. The molecule has 1 aliphatic rings. The number of amides is 3. The van der Waals surface area contributed by atoms with Gasteiger partial charge >= 0.3 is 6.09 Å². The lowest BCUT2D eigenvalue weighted by atomic mass is 10.1. The van der Waals surface area contributed by atoms with Gasteiger partial charge in [-0.3, -0.25) is 9.59 Å². The van der Waals surface area contributed by atoms with Crippen LogP contribution < -0.4 is 21.1 Å². The van der Waals surface area contributed by atoms with E-state index in [-0.39, 0.29) is 17.4 Å². The van der Waals surface area contributed by atoms with E-state index < -0.39 is 12.0 Å². The number of primary amides is 1. The lowest BCUT2D eigenvalue weighted by molar-refractivity contribution is -0.117. The largest absolute Gasteiger partial charge is 0.412 e. The molecule has 8 heteroatoms. The van der Waals surface area contributed by atoms with E-state index in [1.165, 1.54) is 18.4 Å². The van der Waals surface area contributed by atoms with Gasteiger partial charge in [-0.15, -0.1) is 11.3 Å². The molecule has 1 aromatic carbocycles. The fourth-order valence-corrected chi connectivity index (χ4v) is 3.33. The smallest absolute Gasteiger partial charge is 0.410 e. The molecule has 4 N–H and O–H groups in total. The van der Waals surface area contributed by atoms with Gasteiger partial charge in [-0.2, -0.15) is 0 Å². The zero-order valence-electron chi connectivity index (χ0n) is 12.3. The van der Waals surface area contributed by atoms with Crippen LogP contribution in [0.25, 0.3) is 10.1 Å². The molecule has 1 heterocycles. The van der Waals surface area contributed by atoms with Gasteiger partial charge in [-0.05, 0) is 31.0 Å². The third-order valence-corrected chi connectivity index (χ3v) is 4.58. The molecular formula is C15H15N3O4S. The zero-order chi connectivity index (χ0) is 16.6. The van der Waals surface area contributed by atoms with Crippen molar-refractivity contribution in [3.05, 3.63) is 23.8 Å². The SMILES string of the molecule is CNC(=O)Oc1ccc2c(C(N)=O)c(NC(=O)C3CC3)sc2c1. The highest BCUT2D eigenvalue weighted by atomic mass is 32.1. The molecule has 1 fully saturated rings. The Kier molecular flexibility index (Phi) is 3.91. The van der Waals surface area contributed by atoms with Crippen LogP contribution in [0.2, 0.25) is 0 Å². The lowest BCUT2D eigenvalue weighted by Crippen LogP contribution is -2.21. The van der Waals surface area contributed by atoms with Crippen LogP contribution in [0, 0.1) is 5.92 Å². The zero-order valence-corrected chi connectivity index (χ0v) is 13.2. The van der Waals surface area contributed by atoms with Crippen molar-refractivity contribution in [2.75, 3.05) is 12.4 Å². The van der Waals surface area contributed by atoms with Gasteiger partial charge in [-0.25, -0.2) is 4.79 Å². The number of rotatable bonds is 4. The monoisotopic (exact) mass is 333 g/mol. The minimum absolute atomic E-state index is 0.0214. The van der Waals surface area contributed by atoms with Gasteiger partial charge in [0.25, 0.3) is 5.91 Å². The number of hydrogen-bond acceptors (Lipinski definition) is 5. The first-order valence-corrected chi connectivity index (χ1v) is 7.88. The van der Waals surface area contributed by atoms with Gasteiger partial charge in [0.1, 0.15) is 10.8 Å². The Labute approximate surface area is 135 Å². The standard InChI is InChI=1S/C15H15N3O4S/c1-17-15(21)22-8-4-5-9-10(6-8)23-14(11(9)12(16)19)18-13(20)7-2-3-7/h4-7H,2-3H2,1H3,(H2,16,19)(H,17,21)(H,18,20). The highest BCUT2D eigenvalue weighted by Gasteiger charge is 2.31. The molecule has 120 valence electrons. The number of benzene rings is 1. The van der Waals surface area contributed by atoms with Crippen LogP contribution in [0.5, 0.6) is 5.75 Å². The average molecular weight is 333 g/mol. The summed E-state index contributed by atoms with van der Waals surface area (Å²) in [6.07, 6.45) is 1.15. The molecule has 23 heavy (non-hydrogen) atoms. The first-order valence-electron chi connectivity index (χ1n) is 7.06. The van der Waals surface area contributed by atoms with Crippen LogP contribution >= 0.6 is 11.3 Å². The Morgan fingerprint density at radius 2 is 2.04 bits per heavy atom. The Bertz CT molecular complexity index is 810. The van der Waals surface area contributed by atoms with Crippen LogP contribution in [-0.4, -0.2) is 25.0 Å². The summed E-state index contributed by atoms with van der Waals surface area (Å²) in [7, 11) is 1.46. The van der Waals surface area contributed by atoms with Gasteiger partial charge in [0.2, 0.25) is 5.91 Å². The second kappa shape index (κ2) is 5.88. The summed E-state index contributed by atoms with van der Waals surface area (Å²) in [6, 6.07) is 4.86. The molecule has 1 aromatic heterocycles. The average Bonchev–Trinajstić information content (AvgIpc) is 3.29. The molecule has 3 rings (SSSR count). The summed E-state index contributed by atoms with van der Waals surface area (Å²) in [6.45, 7) is 0. The molecule has 0 atom stereocenters. The predicted molar refractivity (Wildman–Crippen MR) is 86.8 cm³/mol. The first kappa shape index (κ1) is 15.3. The van der Waals surface area contributed by atoms with Crippen molar-refractivity contribution < 1.29 is 19.1 Å². The van der Waals surface area contributed by atoms with E-state index in [0.29, 0.717) is 20.8 Å². The molecule has 7 nitrogen and oxygen atoms in total. The molecule has 0 spiro atoms. The lowest BCUT2D eigenvalue weighted by Gasteiger charge is -2.03. The maximum atomic E-state index is 11.9. The van der Waals surface area contributed by atoms with Crippen LogP contribution in [0.15, 0.2) is 18.2 Å². The molecule has 3 amide bonds. The van der Waals surface area contributed by atoms with Crippen LogP contribution in [0.3, 0.4) is 0 Å². The van der Waals surface area contributed by atoms with Crippen molar-refractivity contribution >= 4 is 44.3 Å². The quantitative estimate of drug-likeness (QED) is 0.795. The Morgan fingerprint density at radius 3 is 2.65 bits per heavy atom. The van der Waals surface area contributed by atoms with Crippen molar-refractivity contribution in [3.63, 3.8) is 0 Å². The molecule has 1 saturated carbocycles. The molecule has 0 bridgehead atoms. The van der Waals surface area contributed by atoms with Crippen molar-refractivity contribution in [2.45, 2.75) is 12.8 Å². The number of nitrogens with one attached hydrogen (secondary N) is 2. The fourth-order valence-electron chi connectivity index (χ4n) is 2.19. The molecule has 0 unspecified atom stereocenters. The van der Waals surface area contributed by atoms with E-state index in [0.717, 1.165) is 12.8 Å². The maximum Gasteiger partial charge on any atom is 0.412 e. The van der Waals surface area contributed by atoms with Crippen molar-refractivity contribution in [1.29, 1.82) is 0 Å². The summed E-state index contributed by atoms with van der Waals surface area (Å²) >= 11 is 1.23. The van der Waals surface area contributed by atoms with Crippen molar-refractivity contribution in [1.82, 2.24) is 5.32 Å². The number of ether oxygens (including phenoxy) is 1. The van der Waals surface area contributed by atoms with Crippen molar-refractivity contribution in [3.8, 4) is 5.75 Å². The minimum atomic E-state index is -0.609. The molecule has 0 radical (unpaired) electrons. The number of thiophene rings is 1. The summed E-state index contributed by atoms with van der Waals surface area (Å²) in [5.74, 6) is -0.342. The van der Waals surface area contributed by atoms with E-state index in [1.807, 2.05) is 0 Å². The number of fused-ring (bicyclic) bond motifs is 1. The van der Waals surface area contributed by atoms with Gasteiger partial charge in [-0.1, -0.05) is 0 Å². The third-order valence-electron chi connectivity index (χ3n) is 3.51. The van der Waals surface area contributed by atoms with Crippen LogP contribution in [0.1, 0.15) is 23.2 Å². The number of carbonyl (C=O) groups excluding carboxylic acids is 3. The van der Waals surface area contributed by atoms with Crippen LogP contribution in [0.4, 0.5) is 9.80 Å². The van der Waals surface area contributed by atoms with E-state index in [9.17, 15) is 14.4 Å². The Balaban J connectivity index is 1.98. The highest BCUT2D eigenvalue weighted by molar-refractivity contribution is 7.23. The number of anilines is 1. The van der Waals surface area contributed by atoms with Gasteiger partial charge in [0.05, 0.1) is 5.56 Å². The molecule has 2 aromatic rings. The van der Waals surface area contributed by atoms with Gasteiger partial charge in [0.15, 0.2) is 0 Å². The topological polar surface area (TPSA) is 111 Å². The third kappa shape index (κ3) is 3.11. The van der Waals surface area contributed by atoms with E-state index in [4.69, 9.17) is 10.5 Å². The first-order chi connectivity index (χ1) is 11.0. The summed E-state index contributed by atoms with van der Waals surface area (Å²) in [5.41, 5.74) is 5.74. The fraction of sp³-hybridized carbons (Fsp3) is 0.267. The predicted octanol–water partition coefficient (Wildman–Crippen LogP) is 2.07. The second-order valence-electron chi connectivity index (χ2n) is 5.23. The molecule has 0 saturated heterocycles. The van der Waals surface area contributed by atoms with E-state index in [1.54, 1.807) is 18.2 Å². The summed E-state index contributed by atoms with van der Waals surface area (Å²) in [4.78, 5) is 35.0. The Hall–Kier alpha value is -2.61. The van der Waals surface area contributed by atoms with E-state index >= 15 is 0 Å². The molecule has 0 aliphatic heterocycles. The van der Waals surface area contributed by atoms with Gasteiger partial charge < -0.3 is 21.1 Å². The highest BCUT2D eigenvalue weighted by Crippen LogP contribution is 2.39. The minimum Gasteiger partial charge on any atom is -0.410 e. The number of hydrogen-bond donors (Lipinski definition) is 3. The summed E-state index contributed by atoms with van der Waals surface area (Å²) in [5, 5.41) is 6.18. The maximum absolute atomic E-state index is 11.9. The van der Waals surface area contributed by atoms with Crippen LogP contribution in [-0.2, 0) is 4.79 Å². The second-order valence-corrected chi connectivity index (χ2v) is 6.28.